The van der Waals surface area contributed by atoms with E-state index in [2.05, 4.69) is 411 Å². The molecule has 0 spiro atoms. The molecule has 0 bridgehead atoms. The molecule has 0 aliphatic heterocycles. The average molecular weight is 1450 g/mol. The van der Waals surface area contributed by atoms with E-state index >= 15 is 0 Å². The van der Waals surface area contributed by atoms with Gasteiger partial charge in [0, 0.05) is 69.2 Å². The fourth-order valence-electron chi connectivity index (χ4n) is 14.8. The Morgan fingerprint density at radius 1 is 0.429 bits per heavy atom. The van der Waals surface area contributed by atoms with Gasteiger partial charge in [0.1, 0.15) is 0 Å². The van der Waals surface area contributed by atoms with E-state index in [-0.39, 0.29) is 18.0 Å². The van der Waals surface area contributed by atoms with Gasteiger partial charge < -0.3 is 19.6 Å². The molecule has 4 nitrogen and oxygen atoms in total. The fraction of sp³-hybridized carbons (Fsp3) is 0.111. The molecule has 0 aromatic heterocycles. The van der Waals surface area contributed by atoms with E-state index in [0.717, 1.165) is 124 Å². The van der Waals surface area contributed by atoms with Crippen LogP contribution < -0.4 is 19.6 Å². The highest BCUT2D eigenvalue weighted by Gasteiger charge is 2.24. The molecule has 0 amide bonds. The van der Waals surface area contributed by atoms with Gasteiger partial charge in [-0.2, -0.15) is 0 Å². The van der Waals surface area contributed by atoms with Crippen molar-refractivity contribution in [2.24, 2.45) is 5.92 Å². The standard InChI is InChI=1S/C108H100N4/c1-7-13-15-20-31-83(10-4)36-29-82-109(98(12-6)41-28-35-84-32-22-17-23-33-84)99-64-44-92(45-65-99)93-52-74-105(75-53-93)111(103-68-48-90(49-69-103)87-37-24-18-25-38-87)106-78-58-96(59-79-106)97-60-80-108(81-61-97)112(104-70-50-91(51-71-104)88-39-26-19-27-40-88)107-76-56-95(57-77-107)94-54-72-102(73-55-94)110(100-62-42-85(43-63-100)34-21-16-14-8-2)101-66-46-89(47-67-101)86(11-5)30-9-3/h7-13,15,17-29,31-39,42,44-78,80-82,85-86,88,98,106H,1-6,14,16,30,40-41,43,79H2. The first-order chi connectivity index (χ1) is 55.3. The summed E-state index contributed by atoms with van der Waals surface area (Å²) in [6, 6.07) is 93.4. The van der Waals surface area contributed by atoms with Crippen LogP contribution in [0.25, 0.3) is 45.0 Å². The minimum absolute atomic E-state index is 0.00526. The van der Waals surface area contributed by atoms with Crippen molar-refractivity contribution in [3.63, 3.8) is 0 Å². The number of hydrogen-bond acceptors (Lipinski definition) is 4. The zero-order valence-electron chi connectivity index (χ0n) is 64.2. The van der Waals surface area contributed by atoms with Gasteiger partial charge in [0.2, 0.25) is 0 Å². The molecule has 552 valence electrons. The Bertz CT molecular complexity index is 5210. The molecular formula is C108H100N4. The van der Waals surface area contributed by atoms with Crippen molar-refractivity contribution in [3.8, 4) is 33.4 Å². The number of unbranched alkanes of at least 4 members (excludes halogenated alkanes) is 1. The number of rotatable bonds is 34. The molecule has 0 radical (unpaired) electrons. The lowest BCUT2D eigenvalue weighted by atomic mass is 9.92. The number of allylic oxidation sites excluding steroid dienone is 23. The predicted molar refractivity (Wildman–Crippen MR) is 486 cm³/mol. The Labute approximate surface area is 666 Å². The van der Waals surface area contributed by atoms with Crippen molar-refractivity contribution in [3.05, 3.63) is 486 Å². The zero-order chi connectivity index (χ0) is 77.1. The summed E-state index contributed by atoms with van der Waals surface area (Å²) < 4.78 is 0. The highest BCUT2D eigenvalue weighted by Crippen LogP contribution is 2.42. The van der Waals surface area contributed by atoms with Gasteiger partial charge in [0.15, 0.2) is 0 Å². The maximum Gasteiger partial charge on any atom is 0.0560 e. The number of benzene rings is 10. The highest BCUT2D eigenvalue weighted by atomic mass is 15.2. The normalized spacial score (nSPS) is 16.0. The van der Waals surface area contributed by atoms with Crippen LogP contribution in [0, 0.1) is 5.92 Å². The summed E-state index contributed by atoms with van der Waals surface area (Å²) in [7, 11) is 0. The molecule has 112 heavy (non-hydrogen) atoms. The second kappa shape index (κ2) is 39.2. The van der Waals surface area contributed by atoms with Crippen molar-refractivity contribution >= 4 is 57.1 Å². The number of hydrogen-bond donors (Lipinski definition) is 0. The van der Waals surface area contributed by atoms with Gasteiger partial charge in [-0.1, -0.05) is 317 Å². The first-order valence-electron chi connectivity index (χ1n) is 39.2. The van der Waals surface area contributed by atoms with E-state index in [0.29, 0.717) is 11.8 Å². The lowest BCUT2D eigenvalue weighted by Crippen LogP contribution is -2.30. The van der Waals surface area contributed by atoms with Crippen LogP contribution in [-0.2, 0) is 0 Å². The smallest absolute Gasteiger partial charge is 0.0560 e. The minimum Gasteiger partial charge on any atom is -0.341 e. The van der Waals surface area contributed by atoms with E-state index in [1.54, 1.807) is 6.08 Å². The Morgan fingerprint density at radius 3 is 1.50 bits per heavy atom. The summed E-state index contributed by atoms with van der Waals surface area (Å²) in [5.41, 5.74) is 24.0. The molecule has 3 aliphatic carbocycles. The zero-order valence-corrected chi connectivity index (χ0v) is 64.2. The largest absolute Gasteiger partial charge is 0.341 e. The summed E-state index contributed by atoms with van der Waals surface area (Å²) in [5, 5.41) is 0. The third kappa shape index (κ3) is 19.8. The van der Waals surface area contributed by atoms with E-state index in [1.165, 1.54) is 39.0 Å². The van der Waals surface area contributed by atoms with Crippen LogP contribution in [0.4, 0.5) is 45.5 Å². The van der Waals surface area contributed by atoms with Gasteiger partial charge in [0.05, 0.1) is 12.1 Å². The molecule has 0 fully saturated rings. The van der Waals surface area contributed by atoms with Crippen LogP contribution in [0.15, 0.2) is 464 Å². The van der Waals surface area contributed by atoms with Crippen LogP contribution in [-0.4, -0.2) is 12.1 Å². The van der Waals surface area contributed by atoms with Crippen molar-refractivity contribution in [2.75, 3.05) is 19.6 Å². The summed E-state index contributed by atoms with van der Waals surface area (Å²) >= 11 is 0. The van der Waals surface area contributed by atoms with Gasteiger partial charge >= 0.3 is 0 Å². The predicted octanol–water partition coefficient (Wildman–Crippen LogP) is 29.7. The van der Waals surface area contributed by atoms with Crippen molar-refractivity contribution in [2.45, 2.75) is 68.9 Å². The van der Waals surface area contributed by atoms with Crippen molar-refractivity contribution in [1.82, 2.24) is 0 Å². The lowest BCUT2D eigenvalue weighted by molar-refractivity contribution is 0.787. The van der Waals surface area contributed by atoms with Crippen molar-refractivity contribution in [1.29, 1.82) is 0 Å². The monoisotopic (exact) mass is 1450 g/mol. The second-order valence-electron chi connectivity index (χ2n) is 28.3. The van der Waals surface area contributed by atoms with Gasteiger partial charge in [-0.05, 0) is 227 Å². The topological polar surface area (TPSA) is 13.0 Å². The SMILES string of the molecule is C=CC=CC=CC(C=C)=CC=CN(c1ccc(-c2ccc(N(c3ccc(-c4ccccc4)cc3)C3C=CC(c4ccc(N(c5ccc(-c6ccc(N(C7=CCC(C=CCCC=C)C=C7)c7ccc(C(C=C)CC=C)cc7)cc6)cc5)c5ccc(C6C=CC=CC6)cc5)cc4)=CC3)cc2)cc1)C(C=C)CC=Cc1ccccc1. The maximum absolute atomic E-state index is 4.31. The highest BCUT2D eigenvalue weighted by molar-refractivity contribution is 5.83. The van der Waals surface area contributed by atoms with E-state index in [4.69, 9.17) is 0 Å². The van der Waals surface area contributed by atoms with Gasteiger partial charge in [-0.3, -0.25) is 0 Å². The first kappa shape index (κ1) is 76.9. The van der Waals surface area contributed by atoms with E-state index in [1.807, 2.05) is 60.8 Å². The summed E-state index contributed by atoms with van der Waals surface area (Å²) in [6.45, 7) is 24.2. The first-order valence-corrected chi connectivity index (χ1v) is 39.2. The Morgan fingerprint density at radius 2 is 0.982 bits per heavy atom. The van der Waals surface area contributed by atoms with Gasteiger partial charge in [-0.15, -0.1) is 26.3 Å². The molecule has 0 saturated heterocycles. The summed E-state index contributed by atoms with van der Waals surface area (Å²) in [6.07, 6.45) is 64.2. The molecule has 5 unspecified atom stereocenters. The minimum atomic E-state index is -0.00526. The van der Waals surface area contributed by atoms with Crippen LogP contribution in [0.1, 0.15) is 79.0 Å². The molecule has 3 aliphatic rings. The molecular weight excluding hydrogens is 1350 g/mol. The molecule has 0 N–H and O–H groups in total. The van der Waals surface area contributed by atoms with Crippen LogP contribution >= 0.6 is 0 Å². The van der Waals surface area contributed by atoms with Gasteiger partial charge in [0.25, 0.3) is 0 Å². The molecule has 0 heterocycles. The second-order valence-corrected chi connectivity index (χ2v) is 28.3. The van der Waals surface area contributed by atoms with Crippen LogP contribution in [0.3, 0.4) is 0 Å². The average Bonchev–Trinajstić information content (AvgIpc) is 0.800. The third-order valence-electron chi connectivity index (χ3n) is 21.0. The van der Waals surface area contributed by atoms with Crippen LogP contribution in [0.5, 0.6) is 0 Å². The van der Waals surface area contributed by atoms with Crippen LogP contribution in [0.2, 0.25) is 0 Å². The van der Waals surface area contributed by atoms with E-state index < -0.39 is 0 Å². The third-order valence-corrected chi connectivity index (χ3v) is 21.0. The van der Waals surface area contributed by atoms with Gasteiger partial charge in [-0.25, -0.2) is 0 Å². The molecule has 10 aromatic carbocycles. The maximum atomic E-state index is 4.31. The lowest BCUT2D eigenvalue weighted by Gasteiger charge is -2.33. The fourth-order valence-corrected chi connectivity index (χ4v) is 14.8. The Hall–Kier alpha value is -13.3. The Kier molecular flexibility index (Phi) is 26.9. The Balaban J connectivity index is 0.748. The number of anilines is 8. The van der Waals surface area contributed by atoms with Crippen molar-refractivity contribution < 1.29 is 0 Å². The summed E-state index contributed by atoms with van der Waals surface area (Å²) in [5.74, 6) is 0.938. The molecule has 4 heteroatoms. The molecule has 13 rings (SSSR count). The summed E-state index contributed by atoms with van der Waals surface area (Å²) in [4.78, 5) is 9.54. The molecule has 5 atom stereocenters. The molecule has 0 saturated carbocycles. The molecule has 10 aromatic rings. The van der Waals surface area contributed by atoms with E-state index in [9.17, 15) is 0 Å². The quantitative estimate of drug-likeness (QED) is 0.0226. The number of nitrogens with zero attached hydrogens (tertiary/aromatic N) is 4.